The molecule has 1 aromatic carbocycles. The lowest BCUT2D eigenvalue weighted by Crippen LogP contribution is -2.42. The third kappa shape index (κ3) is 5.93. The monoisotopic (exact) mass is 427 g/mol. The number of carbonyl (C=O) groups excluding carboxylic acids is 2. The summed E-state index contributed by atoms with van der Waals surface area (Å²) in [6.07, 6.45) is 5.59. The average Bonchev–Trinajstić information content (AvgIpc) is 3.38. The summed E-state index contributed by atoms with van der Waals surface area (Å²) in [5, 5.41) is 19.7. The number of hydrogen-bond donors (Lipinski definition) is 4. The molecule has 2 heterocycles. The van der Waals surface area contributed by atoms with Gasteiger partial charge in [0.05, 0.1) is 18.1 Å². The van der Waals surface area contributed by atoms with Crippen LogP contribution >= 0.6 is 0 Å². The Balaban J connectivity index is 1.53. The normalized spacial score (nSPS) is 12.1. The molecule has 0 fully saturated rings. The minimum absolute atomic E-state index is 0.0245. The van der Waals surface area contributed by atoms with Gasteiger partial charge in [0.25, 0.3) is 5.91 Å². The summed E-state index contributed by atoms with van der Waals surface area (Å²) in [5.74, 6) is -0.283. The summed E-state index contributed by atoms with van der Waals surface area (Å²) in [6.45, 7) is 2.24. The third-order valence-electron chi connectivity index (χ3n) is 5.11. The summed E-state index contributed by atoms with van der Waals surface area (Å²) in [5.41, 5.74) is 3.73. The van der Waals surface area contributed by atoms with Crippen LogP contribution in [0.4, 0.5) is 0 Å². The second kappa shape index (κ2) is 10.7. The van der Waals surface area contributed by atoms with Gasteiger partial charge < -0.3 is 20.3 Å². The van der Waals surface area contributed by atoms with Gasteiger partial charge in [0.1, 0.15) is 5.76 Å². The summed E-state index contributed by atoms with van der Waals surface area (Å²) < 4.78 is 7.44. The zero-order valence-electron chi connectivity index (χ0n) is 17.9. The van der Waals surface area contributed by atoms with Crippen molar-refractivity contribution >= 4 is 22.7 Å². The Labute approximate surface area is 180 Å². The largest absolute Gasteiger partial charge is 0.451 e. The molecule has 3 rings (SSSR count). The molecule has 9 nitrogen and oxygen atoms in total. The zero-order chi connectivity index (χ0) is 22.2. The molecule has 0 saturated carbocycles. The summed E-state index contributed by atoms with van der Waals surface area (Å²) in [7, 11) is 1.86. The van der Waals surface area contributed by atoms with Crippen LogP contribution in [0.25, 0.3) is 22.2 Å². The lowest BCUT2D eigenvalue weighted by atomic mass is 10.0. The maximum absolute atomic E-state index is 12.4. The highest BCUT2D eigenvalue weighted by Gasteiger charge is 2.18. The fourth-order valence-electron chi connectivity index (χ4n) is 3.43. The molecule has 0 bridgehead atoms. The van der Waals surface area contributed by atoms with Crippen LogP contribution in [0.5, 0.6) is 0 Å². The molecule has 166 valence electrons. The van der Waals surface area contributed by atoms with E-state index in [2.05, 4.69) is 28.1 Å². The number of benzene rings is 1. The number of aromatic nitrogens is 2. The second-order valence-corrected chi connectivity index (χ2v) is 7.52. The van der Waals surface area contributed by atoms with Gasteiger partial charge in [-0.3, -0.25) is 14.3 Å². The van der Waals surface area contributed by atoms with Gasteiger partial charge in [0, 0.05) is 30.7 Å². The van der Waals surface area contributed by atoms with Crippen molar-refractivity contribution in [1.82, 2.24) is 25.9 Å². The number of fused-ring (bicyclic) bond motifs is 1. The Morgan fingerprint density at radius 1 is 1.19 bits per heavy atom. The predicted molar refractivity (Wildman–Crippen MR) is 116 cm³/mol. The summed E-state index contributed by atoms with van der Waals surface area (Å²) in [4.78, 5) is 24.7. The zero-order valence-corrected chi connectivity index (χ0v) is 17.9. The molecule has 4 N–H and O–H groups in total. The summed E-state index contributed by atoms with van der Waals surface area (Å²) >= 11 is 0. The van der Waals surface area contributed by atoms with Crippen LogP contribution in [0.1, 0.15) is 43.2 Å². The quantitative estimate of drug-likeness (QED) is 0.212. The van der Waals surface area contributed by atoms with Gasteiger partial charge in [-0.2, -0.15) is 5.10 Å². The Morgan fingerprint density at radius 2 is 2.03 bits per heavy atom. The highest BCUT2D eigenvalue weighted by molar-refractivity contribution is 5.92. The third-order valence-corrected chi connectivity index (χ3v) is 5.11. The molecular formula is C22H29N5O4. The Hall–Kier alpha value is -3.17. The van der Waals surface area contributed by atoms with E-state index in [0.29, 0.717) is 12.2 Å². The maximum Gasteiger partial charge on any atom is 0.288 e. The van der Waals surface area contributed by atoms with Crippen LogP contribution in [0.15, 0.2) is 40.9 Å². The van der Waals surface area contributed by atoms with Crippen LogP contribution in [0, 0.1) is 5.92 Å². The van der Waals surface area contributed by atoms with Crippen molar-refractivity contribution in [1.29, 1.82) is 0 Å². The number of aryl methyl sites for hydroxylation is 1. The second-order valence-electron chi connectivity index (χ2n) is 7.52. The molecule has 0 saturated heterocycles. The topological polar surface area (TPSA) is 121 Å². The van der Waals surface area contributed by atoms with Crippen molar-refractivity contribution in [3.8, 4) is 11.3 Å². The standard InChI is InChI=1S/C22H29N5O4/c1-3-4-5-6-16(12-25-30)21(28)23-14-24-22(29)20-10-9-19(31-20)15-7-8-17-13-27(2)26-18(17)11-15/h7-11,13,16,25,30H,3-6,12,14H2,1-2H3,(H,23,28)(H,24,29)/t16-/m1/s1. The number of hydrogen-bond acceptors (Lipinski definition) is 6. The lowest BCUT2D eigenvalue weighted by Gasteiger charge is -2.16. The molecule has 0 aliphatic carbocycles. The minimum Gasteiger partial charge on any atom is -0.451 e. The lowest BCUT2D eigenvalue weighted by molar-refractivity contribution is -0.125. The van der Waals surface area contributed by atoms with Crippen molar-refractivity contribution < 1.29 is 19.2 Å². The van der Waals surface area contributed by atoms with E-state index in [1.165, 1.54) is 0 Å². The first-order valence-corrected chi connectivity index (χ1v) is 10.5. The first-order valence-electron chi connectivity index (χ1n) is 10.5. The van der Waals surface area contributed by atoms with Gasteiger partial charge in [0.2, 0.25) is 5.91 Å². The molecular weight excluding hydrogens is 398 g/mol. The number of hydroxylamine groups is 1. The number of nitrogens with zero attached hydrogens (tertiary/aromatic N) is 2. The number of unbranched alkanes of at least 4 members (excludes halogenated alkanes) is 2. The highest BCUT2D eigenvalue weighted by Crippen LogP contribution is 2.25. The van der Waals surface area contributed by atoms with Crippen molar-refractivity contribution in [2.45, 2.75) is 32.6 Å². The molecule has 31 heavy (non-hydrogen) atoms. The SMILES string of the molecule is CCCCC[C@H](CNO)C(=O)NCNC(=O)c1ccc(-c2ccc3cn(C)nc3c2)o1. The molecule has 0 aliphatic rings. The first kappa shape index (κ1) is 22.5. The number of nitrogens with one attached hydrogen (secondary N) is 3. The van der Waals surface area contributed by atoms with Gasteiger partial charge in [0.15, 0.2) is 5.76 Å². The van der Waals surface area contributed by atoms with E-state index >= 15 is 0 Å². The minimum atomic E-state index is -0.423. The smallest absolute Gasteiger partial charge is 0.288 e. The van der Waals surface area contributed by atoms with Crippen LogP contribution in [-0.2, 0) is 11.8 Å². The number of amides is 2. The molecule has 0 aliphatic heterocycles. The molecule has 0 unspecified atom stereocenters. The van der Waals surface area contributed by atoms with Gasteiger partial charge in [-0.05, 0) is 24.6 Å². The fraction of sp³-hybridized carbons (Fsp3) is 0.409. The number of carbonyl (C=O) groups is 2. The van der Waals surface area contributed by atoms with Crippen molar-refractivity contribution in [3.05, 3.63) is 42.3 Å². The van der Waals surface area contributed by atoms with Crippen LogP contribution in [0.2, 0.25) is 0 Å². The highest BCUT2D eigenvalue weighted by atomic mass is 16.5. The van der Waals surface area contributed by atoms with Crippen molar-refractivity contribution in [3.63, 3.8) is 0 Å². The molecule has 0 spiro atoms. The van der Waals surface area contributed by atoms with E-state index in [1.54, 1.807) is 16.8 Å². The van der Waals surface area contributed by atoms with Crippen molar-refractivity contribution in [2.75, 3.05) is 13.2 Å². The maximum atomic E-state index is 12.4. The van der Waals surface area contributed by atoms with Crippen LogP contribution < -0.4 is 16.1 Å². The van der Waals surface area contributed by atoms with Gasteiger partial charge in [-0.25, -0.2) is 5.48 Å². The van der Waals surface area contributed by atoms with Crippen molar-refractivity contribution in [2.24, 2.45) is 13.0 Å². The molecule has 0 radical (unpaired) electrons. The van der Waals surface area contributed by atoms with E-state index in [-0.39, 0.29) is 30.8 Å². The predicted octanol–water partition coefficient (Wildman–Crippen LogP) is 2.81. The molecule has 3 aromatic rings. The Morgan fingerprint density at radius 3 is 2.81 bits per heavy atom. The van der Waals surface area contributed by atoms with E-state index in [0.717, 1.165) is 35.7 Å². The Bertz CT molecular complexity index is 1030. The number of furan rings is 1. The van der Waals surface area contributed by atoms with Gasteiger partial charge in [-0.1, -0.05) is 38.3 Å². The average molecular weight is 428 g/mol. The van der Waals surface area contributed by atoms with Crippen LogP contribution in [-0.4, -0.2) is 40.0 Å². The van der Waals surface area contributed by atoms with E-state index in [9.17, 15) is 9.59 Å². The molecule has 1 atom stereocenters. The van der Waals surface area contributed by atoms with Gasteiger partial charge in [-0.15, -0.1) is 0 Å². The van der Waals surface area contributed by atoms with Gasteiger partial charge >= 0.3 is 0 Å². The van der Waals surface area contributed by atoms with E-state index in [1.807, 2.05) is 31.4 Å². The number of rotatable bonds is 11. The molecule has 9 heteroatoms. The Kier molecular flexibility index (Phi) is 7.80. The fourth-order valence-corrected chi connectivity index (χ4v) is 3.43. The van der Waals surface area contributed by atoms with Crippen LogP contribution in [0.3, 0.4) is 0 Å². The molecule has 2 aromatic heterocycles. The van der Waals surface area contributed by atoms with E-state index in [4.69, 9.17) is 9.62 Å². The molecule has 2 amide bonds. The first-order chi connectivity index (χ1) is 15.0. The summed E-state index contributed by atoms with van der Waals surface area (Å²) in [6, 6.07) is 9.10. The van der Waals surface area contributed by atoms with E-state index < -0.39 is 5.91 Å².